The molecule has 3 rings (SSSR count). The average Bonchev–Trinajstić information content (AvgIpc) is 2.52. The van der Waals surface area contributed by atoms with Crippen molar-refractivity contribution in [2.24, 2.45) is 0 Å². The molecule has 1 aromatic carbocycles. The number of ether oxygens (including phenoxy) is 2. The Kier molecular flexibility index (Phi) is 4.81. The van der Waals surface area contributed by atoms with Crippen LogP contribution in [0.25, 0.3) is 0 Å². The number of aromatic nitrogens is 1. The summed E-state index contributed by atoms with van der Waals surface area (Å²) >= 11 is 3.40. The minimum atomic E-state index is -0.0205. The van der Waals surface area contributed by atoms with Gasteiger partial charge in [0, 0.05) is 11.8 Å². The van der Waals surface area contributed by atoms with E-state index in [0.29, 0.717) is 31.1 Å². The molecule has 0 atom stereocenters. The molecule has 1 aromatic heterocycles. The molecule has 0 saturated carbocycles. The molecule has 0 radical (unpaired) electrons. The number of nitrogens with zero attached hydrogens (tertiary/aromatic N) is 2. The second kappa shape index (κ2) is 7.00. The first-order chi connectivity index (χ1) is 11.2. The van der Waals surface area contributed by atoms with Crippen LogP contribution in [0.1, 0.15) is 17.3 Å². The number of pyridine rings is 1. The van der Waals surface area contributed by atoms with Crippen molar-refractivity contribution in [3.05, 3.63) is 52.6 Å². The normalized spacial score (nSPS) is 14.3. The molecule has 23 heavy (non-hydrogen) atoms. The van der Waals surface area contributed by atoms with Crippen LogP contribution in [0.3, 0.4) is 0 Å². The van der Waals surface area contributed by atoms with E-state index in [4.69, 9.17) is 9.47 Å². The monoisotopic (exact) mass is 376 g/mol. The van der Waals surface area contributed by atoms with Crippen LogP contribution < -0.4 is 9.47 Å². The van der Waals surface area contributed by atoms with Crippen LogP contribution in [-0.2, 0) is 0 Å². The van der Waals surface area contributed by atoms with Crippen LogP contribution in [-0.4, -0.2) is 41.6 Å². The van der Waals surface area contributed by atoms with E-state index in [1.54, 1.807) is 23.2 Å². The van der Waals surface area contributed by atoms with Gasteiger partial charge in [-0.15, -0.1) is 0 Å². The van der Waals surface area contributed by atoms with Crippen molar-refractivity contribution in [1.29, 1.82) is 0 Å². The summed E-state index contributed by atoms with van der Waals surface area (Å²) in [4.78, 5) is 18.3. The third kappa shape index (κ3) is 3.64. The van der Waals surface area contributed by atoms with Crippen molar-refractivity contribution in [2.75, 3.05) is 19.7 Å². The van der Waals surface area contributed by atoms with Crippen LogP contribution in [0.4, 0.5) is 0 Å². The van der Waals surface area contributed by atoms with Crippen molar-refractivity contribution in [1.82, 2.24) is 9.88 Å². The summed E-state index contributed by atoms with van der Waals surface area (Å²) in [6, 6.07) is 10.9. The van der Waals surface area contributed by atoms with Crippen LogP contribution in [0.15, 0.2) is 47.1 Å². The van der Waals surface area contributed by atoms with Crippen molar-refractivity contribution in [3.63, 3.8) is 0 Å². The highest BCUT2D eigenvalue weighted by Gasteiger charge is 2.33. The second-order valence-electron chi connectivity index (χ2n) is 5.20. The first-order valence-corrected chi connectivity index (χ1v) is 8.26. The molecule has 0 unspecified atom stereocenters. The summed E-state index contributed by atoms with van der Waals surface area (Å²) in [5, 5.41) is 0. The lowest BCUT2D eigenvalue weighted by Crippen LogP contribution is -2.56. The molecule has 1 saturated heterocycles. The summed E-state index contributed by atoms with van der Waals surface area (Å²) in [5.74, 6) is 1.34. The first kappa shape index (κ1) is 15.8. The van der Waals surface area contributed by atoms with Crippen molar-refractivity contribution in [2.45, 2.75) is 13.0 Å². The summed E-state index contributed by atoms with van der Waals surface area (Å²) in [7, 11) is 0. The van der Waals surface area contributed by atoms with E-state index < -0.39 is 0 Å². The van der Waals surface area contributed by atoms with E-state index in [1.165, 1.54) is 0 Å². The molecular weight excluding hydrogens is 360 g/mol. The molecule has 1 fully saturated rings. The van der Waals surface area contributed by atoms with Crippen LogP contribution in [0, 0.1) is 0 Å². The molecule has 2 heterocycles. The smallest absolute Gasteiger partial charge is 0.254 e. The van der Waals surface area contributed by atoms with Gasteiger partial charge in [0.15, 0.2) is 0 Å². The van der Waals surface area contributed by atoms with Gasteiger partial charge in [-0.2, -0.15) is 0 Å². The molecule has 0 N–H and O–H groups in total. The maximum absolute atomic E-state index is 12.4. The number of rotatable bonds is 5. The largest absolute Gasteiger partial charge is 0.494 e. The van der Waals surface area contributed by atoms with Gasteiger partial charge in [-0.05, 0) is 59.3 Å². The Hall–Kier alpha value is -2.08. The first-order valence-electron chi connectivity index (χ1n) is 7.46. The molecule has 1 amide bonds. The molecule has 0 bridgehead atoms. The summed E-state index contributed by atoms with van der Waals surface area (Å²) in [6.07, 6.45) is 1.66. The molecule has 120 valence electrons. The van der Waals surface area contributed by atoms with Gasteiger partial charge < -0.3 is 14.4 Å². The van der Waals surface area contributed by atoms with E-state index in [-0.39, 0.29) is 12.0 Å². The number of halogens is 1. The van der Waals surface area contributed by atoms with E-state index in [2.05, 4.69) is 20.9 Å². The van der Waals surface area contributed by atoms with Crippen molar-refractivity contribution < 1.29 is 14.3 Å². The summed E-state index contributed by atoms with van der Waals surface area (Å²) in [6.45, 7) is 3.67. The van der Waals surface area contributed by atoms with Gasteiger partial charge in [0.1, 0.15) is 11.9 Å². The zero-order chi connectivity index (χ0) is 16.2. The summed E-state index contributed by atoms with van der Waals surface area (Å²) in [5.41, 5.74) is 0.658. The molecular formula is C17H17BrN2O3. The third-order valence-electron chi connectivity index (χ3n) is 3.55. The molecule has 0 spiro atoms. The van der Waals surface area contributed by atoms with Crippen molar-refractivity contribution >= 4 is 21.8 Å². The van der Waals surface area contributed by atoms with E-state index in [1.807, 2.05) is 31.2 Å². The zero-order valence-electron chi connectivity index (χ0n) is 12.7. The number of hydrogen-bond donors (Lipinski definition) is 0. The highest BCUT2D eigenvalue weighted by molar-refractivity contribution is 9.10. The number of hydrogen-bond acceptors (Lipinski definition) is 4. The molecule has 2 aromatic rings. The van der Waals surface area contributed by atoms with E-state index >= 15 is 0 Å². The van der Waals surface area contributed by atoms with Gasteiger partial charge in [-0.1, -0.05) is 0 Å². The molecule has 1 aliphatic rings. The van der Waals surface area contributed by atoms with Gasteiger partial charge in [-0.3, -0.25) is 4.79 Å². The minimum absolute atomic E-state index is 0.00739. The fourth-order valence-electron chi connectivity index (χ4n) is 2.34. The Labute approximate surface area is 143 Å². The van der Waals surface area contributed by atoms with Gasteiger partial charge in [0.2, 0.25) is 5.88 Å². The fraction of sp³-hybridized carbons (Fsp3) is 0.294. The Morgan fingerprint density at radius 3 is 2.70 bits per heavy atom. The second-order valence-corrected chi connectivity index (χ2v) is 6.05. The Bertz CT molecular complexity index is 684. The highest BCUT2D eigenvalue weighted by atomic mass is 79.9. The third-order valence-corrected chi connectivity index (χ3v) is 4.15. The minimum Gasteiger partial charge on any atom is -0.494 e. The number of carbonyl (C=O) groups excluding carboxylic acids is 1. The van der Waals surface area contributed by atoms with E-state index in [9.17, 15) is 4.79 Å². The fourth-order valence-corrected chi connectivity index (χ4v) is 2.69. The van der Waals surface area contributed by atoms with Crippen LogP contribution in [0.2, 0.25) is 0 Å². The quantitative estimate of drug-likeness (QED) is 0.804. The maximum atomic E-state index is 12.4. The van der Waals surface area contributed by atoms with E-state index in [0.717, 1.165) is 10.2 Å². The van der Waals surface area contributed by atoms with Gasteiger partial charge in [-0.25, -0.2) is 4.98 Å². The highest BCUT2D eigenvalue weighted by Crippen LogP contribution is 2.25. The molecule has 1 aliphatic heterocycles. The Morgan fingerprint density at radius 2 is 2.04 bits per heavy atom. The lowest BCUT2D eigenvalue weighted by Gasteiger charge is -2.38. The SMILES string of the molecule is CCOc1ccc(C(=O)N2CC(Oc3ncccc3Br)C2)cc1. The van der Waals surface area contributed by atoms with Gasteiger partial charge in [0.25, 0.3) is 5.91 Å². The van der Waals surface area contributed by atoms with Gasteiger partial charge >= 0.3 is 0 Å². The molecule has 0 aliphatic carbocycles. The lowest BCUT2D eigenvalue weighted by atomic mass is 10.1. The topological polar surface area (TPSA) is 51.7 Å². The number of benzene rings is 1. The Morgan fingerprint density at radius 1 is 1.30 bits per heavy atom. The summed E-state index contributed by atoms with van der Waals surface area (Å²) < 4.78 is 12.0. The Balaban J connectivity index is 1.54. The zero-order valence-corrected chi connectivity index (χ0v) is 14.3. The number of amides is 1. The van der Waals surface area contributed by atoms with Crippen molar-refractivity contribution in [3.8, 4) is 11.6 Å². The molecule has 5 nitrogen and oxygen atoms in total. The molecule has 6 heteroatoms. The van der Waals surface area contributed by atoms with Crippen LogP contribution >= 0.6 is 15.9 Å². The van der Waals surface area contributed by atoms with Gasteiger partial charge in [0.05, 0.1) is 24.2 Å². The predicted molar refractivity (Wildman–Crippen MR) is 89.9 cm³/mol. The number of likely N-dealkylation sites (tertiary alicyclic amines) is 1. The predicted octanol–water partition coefficient (Wildman–Crippen LogP) is 3.15. The number of carbonyl (C=O) groups is 1. The lowest BCUT2D eigenvalue weighted by molar-refractivity contribution is 0.0157. The van der Waals surface area contributed by atoms with Crippen LogP contribution in [0.5, 0.6) is 11.6 Å². The maximum Gasteiger partial charge on any atom is 0.254 e. The average molecular weight is 377 g/mol. The standard InChI is InChI=1S/C17H17BrN2O3/c1-2-22-13-7-5-12(6-8-13)17(21)20-10-14(11-20)23-16-15(18)4-3-9-19-16/h3-9,14H,2,10-11H2,1H3.